The first kappa shape index (κ1) is 20.6. The van der Waals surface area contributed by atoms with E-state index in [2.05, 4.69) is 9.97 Å². The van der Waals surface area contributed by atoms with Crippen molar-refractivity contribution in [1.82, 2.24) is 14.9 Å². The van der Waals surface area contributed by atoms with Gasteiger partial charge in [-0.05, 0) is 65.0 Å². The average molecular weight is 406 g/mol. The van der Waals surface area contributed by atoms with E-state index in [0.29, 0.717) is 12.5 Å². The maximum atomic E-state index is 12.5. The van der Waals surface area contributed by atoms with Crippen LogP contribution in [0.25, 0.3) is 11.0 Å². The van der Waals surface area contributed by atoms with Crippen LogP contribution in [0.2, 0.25) is 5.15 Å². The predicted octanol–water partition coefficient (Wildman–Crippen LogP) is 5.23. The van der Waals surface area contributed by atoms with Crippen molar-refractivity contribution in [3.05, 3.63) is 29.4 Å². The molecule has 1 fully saturated rings. The number of hydrogen-bond acceptors (Lipinski definition) is 5. The molecular weight excluding hydrogens is 378 g/mol. The number of carbonyl (C=O) groups excluding carboxylic acids is 1. The monoisotopic (exact) mass is 405 g/mol. The number of nitrogens with zero attached hydrogens (tertiary/aromatic N) is 3. The van der Waals surface area contributed by atoms with Gasteiger partial charge in [-0.1, -0.05) is 23.7 Å². The Balaban J connectivity index is 1.53. The first-order chi connectivity index (χ1) is 13.3. The molecule has 0 spiro atoms. The highest BCUT2D eigenvalue weighted by atomic mass is 35.5. The number of rotatable bonds is 5. The lowest BCUT2D eigenvalue weighted by atomic mass is 9.98. The quantitative estimate of drug-likeness (QED) is 0.637. The highest BCUT2D eigenvalue weighted by Gasteiger charge is 2.30. The highest BCUT2D eigenvalue weighted by molar-refractivity contribution is 6.31. The normalized spacial score (nSPS) is 17.6. The third-order valence-corrected chi connectivity index (χ3v) is 4.92. The van der Waals surface area contributed by atoms with Crippen molar-refractivity contribution in [1.29, 1.82) is 0 Å². The zero-order valence-electron chi connectivity index (χ0n) is 16.8. The van der Waals surface area contributed by atoms with E-state index in [1.165, 1.54) is 0 Å². The summed E-state index contributed by atoms with van der Waals surface area (Å²) >= 11 is 6.19. The third kappa shape index (κ3) is 5.47. The van der Waals surface area contributed by atoms with E-state index in [-0.39, 0.29) is 17.3 Å². The van der Waals surface area contributed by atoms with Gasteiger partial charge in [0.05, 0.1) is 17.6 Å². The Hall–Kier alpha value is -2.08. The zero-order chi connectivity index (χ0) is 20.1. The second kappa shape index (κ2) is 8.95. The summed E-state index contributed by atoms with van der Waals surface area (Å²) < 4.78 is 11.3. The fourth-order valence-electron chi connectivity index (χ4n) is 3.40. The number of piperidine rings is 1. The number of halogens is 1. The number of amides is 1. The molecule has 1 atom stereocenters. The van der Waals surface area contributed by atoms with Gasteiger partial charge in [-0.2, -0.15) is 0 Å². The van der Waals surface area contributed by atoms with E-state index in [1.54, 1.807) is 0 Å². The van der Waals surface area contributed by atoms with Crippen molar-refractivity contribution in [3.8, 4) is 5.88 Å². The molecule has 7 heteroatoms. The van der Waals surface area contributed by atoms with Gasteiger partial charge in [-0.3, -0.25) is 0 Å². The summed E-state index contributed by atoms with van der Waals surface area (Å²) in [6.07, 6.45) is 4.59. The van der Waals surface area contributed by atoms with E-state index in [0.717, 1.165) is 49.7 Å². The molecule has 3 rings (SSSR count). The van der Waals surface area contributed by atoms with Gasteiger partial charge in [0.2, 0.25) is 0 Å². The average Bonchev–Trinajstić information content (AvgIpc) is 2.64. The van der Waals surface area contributed by atoms with Gasteiger partial charge in [-0.25, -0.2) is 14.8 Å². The van der Waals surface area contributed by atoms with Crippen LogP contribution in [0.1, 0.15) is 52.9 Å². The van der Waals surface area contributed by atoms with Gasteiger partial charge in [-0.15, -0.1) is 0 Å². The third-order valence-electron chi connectivity index (χ3n) is 4.67. The fraction of sp³-hybridized carbons (Fsp3) is 0.571. The molecule has 1 saturated heterocycles. The molecule has 2 aromatic rings. The Morgan fingerprint density at radius 1 is 1.21 bits per heavy atom. The molecule has 0 saturated carbocycles. The molecule has 0 bridgehead atoms. The molecule has 0 unspecified atom stereocenters. The van der Waals surface area contributed by atoms with Gasteiger partial charge in [0, 0.05) is 12.6 Å². The molecule has 1 amide bonds. The van der Waals surface area contributed by atoms with Crippen molar-refractivity contribution in [2.75, 3.05) is 13.2 Å². The summed E-state index contributed by atoms with van der Waals surface area (Å²) in [7, 11) is 0. The van der Waals surface area contributed by atoms with Crippen LogP contribution in [0.15, 0.2) is 24.3 Å². The highest BCUT2D eigenvalue weighted by Crippen LogP contribution is 2.25. The first-order valence-corrected chi connectivity index (χ1v) is 10.3. The molecule has 152 valence electrons. The van der Waals surface area contributed by atoms with Crippen molar-refractivity contribution in [3.63, 3.8) is 0 Å². The van der Waals surface area contributed by atoms with Crippen LogP contribution in [0.4, 0.5) is 4.79 Å². The molecule has 1 aliphatic heterocycles. The molecule has 1 aromatic carbocycles. The Labute approximate surface area is 171 Å². The van der Waals surface area contributed by atoms with Crippen molar-refractivity contribution in [2.24, 2.45) is 0 Å². The number of benzene rings is 1. The van der Waals surface area contributed by atoms with Gasteiger partial charge in [0.15, 0.2) is 5.15 Å². The predicted molar refractivity (Wildman–Crippen MR) is 110 cm³/mol. The van der Waals surface area contributed by atoms with Crippen LogP contribution in [-0.2, 0) is 4.74 Å². The molecule has 1 aromatic heterocycles. The Morgan fingerprint density at radius 2 is 1.93 bits per heavy atom. The summed E-state index contributed by atoms with van der Waals surface area (Å²) in [4.78, 5) is 23.1. The SMILES string of the molecule is CC(C)(C)OC(=O)N1CCCC[C@@H]1CCCOc1nc2ccccc2nc1Cl. The van der Waals surface area contributed by atoms with Crippen molar-refractivity contribution >= 4 is 28.7 Å². The van der Waals surface area contributed by atoms with Crippen LogP contribution in [-0.4, -0.2) is 45.8 Å². The van der Waals surface area contributed by atoms with Crippen LogP contribution in [0.3, 0.4) is 0 Å². The largest absolute Gasteiger partial charge is 0.475 e. The van der Waals surface area contributed by atoms with E-state index in [1.807, 2.05) is 49.9 Å². The van der Waals surface area contributed by atoms with E-state index >= 15 is 0 Å². The number of hydrogen-bond donors (Lipinski definition) is 0. The van der Waals surface area contributed by atoms with Gasteiger partial charge in [0.1, 0.15) is 5.60 Å². The Bertz CT molecular complexity index is 822. The van der Waals surface area contributed by atoms with E-state index < -0.39 is 5.60 Å². The summed E-state index contributed by atoms with van der Waals surface area (Å²) in [5.41, 5.74) is 1.02. The molecule has 0 N–H and O–H groups in total. The summed E-state index contributed by atoms with van der Waals surface area (Å²) in [5, 5.41) is 0.270. The summed E-state index contributed by atoms with van der Waals surface area (Å²) in [6, 6.07) is 7.74. The Kier molecular flexibility index (Phi) is 6.60. The van der Waals surface area contributed by atoms with Crippen LogP contribution < -0.4 is 4.74 Å². The number of fused-ring (bicyclic) bond motifs is 1. The fourth-order valence-corrected chi connectivity index (χ4v) is 3.59. The van der Waals surface area contributed by atoms with Gasteiger partial charge in [0.25, 0.3) is 5.88 Å². The van der Waals surface area contributed by atoms with Crippen molar-refractivity contribution < 1.29 is 14.3 Å². The standard InChI is InChI=1S/C21H28ClN3O3/c1-21(2,3)28-20(26)25-13-7-6-9-15(25)10-8-14-27-19-18(22)23-16-11-4-5-12-17(16)24-19/h4-5,11-12,15H,6-10,13-14H2,1-3H3/t15-/m1/s1. The molecule has 1 aliphatic rings. The van der Waals surface area contributed by atoms with Crippen LogP contribution in [0.5, 0.6) is 5.88 Å². The van der Waals surface area contributed by atoms with Gasteiger partial charge >= 0.3 is 6.09 Å². The van der Waals surface area contributed by atoms with E-state index in [4.69, 9.17) is 21.1 Å². The molecule has 2 heterocycles. The summed E-state index contributed by atoms with van der Waals surface area (Å²) in [6.45, 7) is 6.91. The summed E-state index contributed by atoms with van der Waals surface area (Å²) in [5.74, 6) is 0.355. The van der Waals surface area contributed by atoms with Crippen molar-refractivity contribution in [2.45, 2.75) is 64.5 Å². The lowest BCUT2D eigenvalue weighted by Crippen LogP contribution is -2.46. The maximum Gasteiger partial charge on any atom is 0.410 e. The minimum Gasteiger partial charge on any atom is -0.475 e. The minimum absolute atomic E-state index is 0.186. The number of aromatic nitrogens is 2. The number of carbonyl (C=O) groups is 1. The van der Waals surface area contributed by atoms with Crippen LogP contribution in [0, 0.1) is 0 Å². The molecule has 6 nitrogen and oxygen atoms in total. The second-order valence-electron chi connectivity index (χ2n) is 8.12. The van der Waals surface area contributed by atoms with E-state index in [9.17, 15) is 4.79 Å². The topological polar surface area (TPSA) is 64.5 Å². The number of para-hydroxylation sites is 2. The smallest absolute Gasteiger partial charge is 0.410 e. The van der Waals surface area contributed by atoms with Crippen LogP contribution >= 0.6 is 11.6 Å². The molecule has 0 radical (unpaired) electrons. The lowest BCUT2D eigenvalue weighted by molar-refractivity contribution is 0.00822. The molecule has 0 aliphatic carbocycles. The molecule has 28 heavy (non-hydrogen) atoms. The molecular formula is C21H28ClN3O3. The number of likely N-dealkylation sites (tertiary alicyclic amines) is 1. The number of ether oxygens (including phenoxy) is 2. The lowest BCUT2D eigenvalue weighted by Gasteiger charge is -2.36. The maximum absolute atomic E-state index is 12.5. The second-order valence-corrected chi connectivity index (χ2v) is 8.48. The minimum atomic E-state index is -0.478. The zero-order valence-corrected chi connectivity index (χ0v) is 17.5. The Morgan fingerprint density at radius 3 is 2.64 bits per heavy atom. The first-order valence-electron chi connectivity index (χ1n) is 9.88. The van der Waals surface area contributed by atoms with Gasteiger partial charge < -0.3 is 14.4 Å².